The molecule has 8 heteroatoms. The zero-order valence-electron chi connectivity index (χ0n) is 13.5. The number of amides is 2. The molecule has 0 radical (unpaired) electrons. The normalized spacial score (nSPS) is 31.0. The minimum atomic E-state index is -0.877. The second-order valence-electron chi connectivity index (χ2n) is 6.17. The largest absolute Gasteiger partial charge is 0.388 e. The van der Waals surface area contributed by atoms with Gasteiger partial charge in [0.05, 0.1) is 30.0 Å². The monoisotopic (exact) mass is 344 g/mol. The first-order chi connectivity index (χ1) is 12.2. The van der Waals surface area contributed by atoms with Crippen molar-refractivity contribution in [2.75, 3.05) is 13.2 Å². The van der Waals surface area contributed by atoms with E-state index in [1.54, 1.807) is 12.4 Å². The molecule has 2 aliphatic heterocycles. The van der Waals surface area contributed by atoms with E-state index in [1.165, 1.54) is 0 Å². The lowest BCUT2D eigenvalue weighted by Crippen LogP contribution is -2.60. The summed E-state index contributed by atoms with van der Waals surface area (Å²) in [5.41, 5.74) is 1.70. The van der Waals surface area contributed by atoms with E-state index in [0.717, 1.165) is 11.0 Å². The van der Waals surface area contributed by atoms with Gasteiger partial charge in [0.2, 0.25) is 0 Å². The molecule has 5 unspecified atom stereocenters. The summed E-state index contributed by atoms with van der Waals surface area (Å²) < 4.78 is 13.4. The topological polar surface area (TPSA) is 97.6 Å². The number of rotatable bonds is 4. The third-order valence-electron chi connectivity index (χ3n) is 4.64. The van der Waals surface area contributed by atoms with Crippen LogP contribution in [0.2, 0.25) is 0 Å². The van der Waals surface area contributed by atoms with Crippen LogP contribution >= 0.6 is 0 Å². The Morgan fingerprint density at radius 3 is 3.16 bits per heavy atom. The zero-order valence-corrected chi connectivity index (χ0v) is 13.5. The van der Waals surface area contributed by atoms with Crippen molar-refractivity contribution in [1.82, 2.24) is 20.2 Å². The molecular weight excluding hydrogens is 324 g/mol. The van der Waals surface area contributed by atoms with E-state index in [-0.39, 0.29) is 12.1 Å². The van der Waals surface area contributed by atoms with E-state index >= 15 is 0 Å². The maximum Gasteiger partial charge on any atom is 0.315 e. The molecule has 2 aromatic rings. The van der Waals surface area contributed by atoms with Gasteiger partial charge < -0.3 is 29.8 Å². The second kappa shape index (κ2) is 6.47. The van der Waals surface area contributed by atoms with Crippen LogP contribution in [0.25, 0.3) is 11.0 Å². The molecule has 0 spiro atoms. The van der Waals surface area contributed by atoms with Crippen molar-refractivity contribution in [3.63, 3.8) is 0 Å². The molecule has 25 heavy (non-hydrogen) atoms. The van der Waals surface area contributed by atoms with Crippen LogP contribution in [-0.2, 0) is 9.47 Å². The number of imidazole rings is 1. The van der Waals surface area contributed by atoms with Gasteiger partial charge in [-0.15, -0.1) is 6.58 Å². The summed E-state index contributed by atoms with van der Waals surface area (Å²) in [6.45, 7) is 4.22. The average molecular weight is 344 g/mol. The van der Waals surface area contributed by atoms with Crippen molar-refractivity contribution in [1.29, 1.82) is 0 Å². The highest BCUT2D eigenvalue weighted by Gasteiger charge is 2.51. The molecule has 0 saturated carbocycles. The Morgan fingerprint density at radius 2 is 2.32 bits per heavy atom. The van der Waals surface area contributed by atoms with E-state index in [4.69, 9.17) is 9.47 Å². The standard InChI is InChI=1S/C17H20N4O4/c1-2-7-18-17(23)20-13-12-8-24-16(25-12)14(15(13)22)21-9-19-10-5-3-4-6-11(10)21/h2-6,9,12-16,22H,1,7-8H2,(H2,18,20,23). The number of nitrogens with zero attached hydrogens (tertiary/aromatic N) is 2. The molecule has 5 atom stereocenters. The number of aliphatic hydroxyl groups excluding tert-OH is 1. The number of aliphatic hydroxyl groups is 1. The summed E-state index contributed by atoms with van der Waals surface area (Å²) in [7, 11) is 0. The first-order valence-electron chi connectivity index (χ1n) is 8.21. The number of hydrogen-bond acceptors (Lipinski definition) is 5. The Morgan fingerprint density at radius 1 is 1.48 bits per heavy atom. The van der Waals surface area contributed by atoms with E-state index < -0.39 is 24.5 Å². The summed E-state index contributed by atoms with van der Waals surface area (Å²) in [4.78, 5) is 16.4. The number of aromatic nitrogens is 2. The molecule has 4 rings (SSSR count). The van der Waals surface area contributed by atoms with Gasteiger partial charge in [-0.3, -0.25) is 0 Å². The average Bonchev–Trinajstić information content (AvgIpc) is 3.23. The molecule has 2 fully saturated rings. The number of ether oxygens (including phenoxy) is 2. The molecule has 2 saturated heterocycles. The lowest BCUT2D eigenvalue weighted by atomic mass is 9.96. The SMILES string of the molecule is C=CCNC(=O)NC1C2COC(O2)C(n2cnc3ccccc32)C1O. The molecule has 3 heterocycles. The van der Waals surface area contributed by atoms with E-state index in [1.807, 2.05) is 28.8 Å². The first-order valence-corrected chi connectivity index (χ1v) is 8.21. The molecule has 2 aliphatic rings. The molecule has 0 aliphatic carbocycles. The lowest BCUT2D eigenvalue weighted by molar-refractivity contribution is -0.162. The Hall–Kier alpha value is -2.42. The van der Waals surface area contributed by atoms with Gasteiger partial charge in [-0.2, -0.15) is 0 Å². The Bertz CT molecular complexity index is 792. The maximum absolute atomic E-state index is 12.0. The molecule has 2 amide bonds. The van der Waals surface area contributed by atoms with E-state index in [9.17, 15) is 9.90 Å². The first kappa shape index (κ1) is 16.1. The van der Waals surface area contributed by atoms with Crippen LogP contribution < -0.4 is 10.6 Å². The van der Waals surface area contributed by atoms with Gasteiger partial charge in [-0.25, -0.2) is 9.78 Å². The quantitative estimate of drug-likeness (QED) is 0.704. The maximum atomic E-state index is 12.0. The van der Waals surface area contributed by atoms with Crippen LogP contribution in [0.5, 0.6) is 0 Å². The smallest absolute Gasteiger partial charge is 0.315 e. The van der Waals surface area contributed by atoms with Crippen LogP contribution in [0.15, 0.2) is 43.2 Å². The van der Waals surface area contributed by atoms with Crippen molar-refractivity contribution < 1.29 is 19.4 Å². The van der Waals surface area contributed by atoms with Crippen LogP contribution in [0.4, 0.5) is 4.79 Å². The Balaban J connectivity index is 1.62. The summed E-state index contributed by atoms with van der Waals surface area (Å²) in [5, 5.41) is 16.4. The van der Waals surface area contributed by atoms with Gasteiger partial charge in [0.1, 0.15) is 18.2 Å². The Kier molecular flexibility index (Phi) is 4.16. The fourth-order valence-electron chi connectivity index (χ4n) is 3.46. The van der Waals surface area contributed by atoms with Crippen molar-refractivity contribution in [2.45, 2.75) is 30.6 Å². The summed E-state index contributed by atoms with van der Waals surface area (Å²) >= 11 is 0. The number of hydrogen-bond donors (Lipinski definition) is 3. The highest BCUT2D eigenvalue weighted by Crippen LogP contribution is 2.37. The molecule has 132 valence electrons. The van der Waals surface area contributed by atoms with Gasteiger partial charge in [-0.05, 0) is 12.1 Å². The molecule has 1 aromatic carbocycles. The molecule has 2 bridgehead atoms. The lowest BCUT2D eigenvalue weighted by Gasteiger charge is -2.39. The number of fused-ring (bicyclic) bond motifs is 3. The van der Waals surface area contributed by atoms with Gasteiger partial charge in [0, 0.05) is 6.54 Å². The van der Waals surface area contributed by atoms with E-state index in [2.05, 4.69) is 22.2 Å². The Labute approximate surface area is 144 Å². The fraction of sp³-hybridized carbons (Fsp3) is 0.412. The second-order valence-corrected chi connectivity index (χ2v) is 6.17. The van der Waals surface area contributed by atoms with Crippen LogP contribution in [-0.4, -0.2) is 58.4 Å². The van der Waals surface area contributed by atoms with Crippen molar-refractivity contribution in [3.05, 3.63) is 43.2 Å². The van der Waals surface area contributed by atoms with Crippen LogP contribution in [0.3, 0.4) is 0 Å². The molecule has 3 N–H and O–H groups in total. The molecular formula is C17H20N4O4. The highest BCUT2D eigenvalue weighted by atomic mass is 16.7. The van der Waals surface area contributed by atoms with E-state index in [0.29, 0.717) is 13.2 Å². The third kappa shape index (κ3) is 2.78. The number of para-hydroxylation sites is 2. The van der Waals surface area contributed by atoms with Gasteiger partial charge in [0.15, 0.2) is 6.29 Å². The zero-order chi connectivity index (χ0) is 17.4. The van der Waals surface area contributed by atoms with Gasteiger partial charge >= 0.3 is 6.03 Å². The van der Waals surface area contributed by atoms with Crippen LogP contribution in [0.1, 0.15) is 6.04 Å². The summed E-state index contributed by atoms with van der Waals surface area (Å²) in [5.74, 6) is 0. The van der Waals surface area contributed by atoms with Gasteiger partial charge in [-0.1, -0.05) is 18.2 Å². The summed E-state index contributed by atoms with van der Waals surface area (Å²) in [6, 6.07) is 6.17. The number of carbonyl (C=O) groups excluding carboxylic acids is 1. The number of nitrogens with one attached hydrogen (secondary N) is 2. The van der Waals surface area contributed by atoms with Crippen molar-refractivity contribution in [2.24, 2.45) is 0 Å². The number of benzene rings is 1. The number of urea groups is 1. The predicted molar refractivity (Wildman–Crippen MR) is 89.9 cm³/mol. The fourth-order valence-corrected chi connectivity index (χ4v) is 3.46. The highest BCUT2D eigenvalue weighted by molar-refractivity contribution is 5.75. The van der Waals surface area contributed by atoms with Crippen molar-refractivity contribution >= 4 is 17.1 Å². The van der Waals surface area contributed by atoms with Gasteiger partial charge in [0.25, 0.3) is 0 Å². The predicted octanol–water partition coefficient (Wildman–Crippen LogP) is 0.547. The minimum Gasteiger partial charge on any atom is -0.388 e. The number of carbonyl (C=O) groups is 1. The third-order valence-corrected chi connectivity index (χ3v) is 4.64. The molecule has 1 aromatic heterocycles. The molecule has 8 nitrogen and oxygen atoms in total. The van der Waals surface area contributed by atoms with Crippen LogP contribution in [0, 0.1) is 0 Å². The van der Waals surface area contributed by atoms with Crippen molar-refractivity contribution in [3.8, 4) is 0 Å². The summed E-state index contributed by atoms with van der Waals surface area (Å²) in [6.07, 6.45) is 1.41. The minimum absolute atomic E-state index is 0.317.